The average Bonchev–Trinajstić information content (AvgIpc) is 2.63. The fourth-order valence-corrected chi connectivity index (χ4v) is 2.14. The summed E-state index contributed by atoms with van der Waals surface area (Å²) in [7, 11) is 0. The highest BCUT2D eigenvalue weighted by Gasteiger charge is 2.19. The van der Waals surface area contributed by atoms with Crippen molar-refractivity contribution < 1.29 is 29.3 Å². The highest BCUT2D eigenvalue weighted by Crippen LogP contribution is 2.30. The molecule has 0 aromatic heterocycles. The lowest BCUT2D eigenvalue weighted by atomic mass is 10.2. The summed E-state index contributed by atoms with van der Waals surface area (Å²) in [6.07, 6.45) is 0.0682. The molecule has 3 N–H and O–H groups in total. The van der Waals surface area contributed by atoms with Gasteiger partial charge in [-0.15, -0.1) is 0 Å². The van der Waals surface area contributed by atoms with E-state index in [1.54, 1.807) is 0 Å². The standard InChI is InChI=1S/C16H17NO2.C2H2O4/c1-2-6-13(7-3-1)10-17-11-14-12-18-15-8-4-5-9-16(15)19-14;3-1(4)2(5)6/h1-9,14,17H,10-12H2;(H,3,4)(H,5,6). The minimum Gasteiger partial charge on any atom is -0.486 e. The number of carboxylic acid groups (broad SMARTS) is 2. The molecule has 0 spiro atoms. The SMILES string of the molecule is O=C(O)C(=O)O.c1ccc(CNCC2COc3ccccc3O2)cc1. The highest BCUT2D eigenvalue weighted by molar-refractivity contribution is 6.27. The summed E-state index contributed by atoms with van der Waals surface area (Å²) >= 11 is 0. The van der Waals surface area contributed by atoms with Gasteiger partial charge in [0.1, 0.15) is 12.7 Å². The Morgan fingerprint density at radius 1 is 0.960 bits per heavy atom. The normalized spacial score (nSPS) is 14.8. The topological polar surface area (TPSA) is 105 Å². The predicted octanol–water partition coefficient (Wildman–Crippen LogP) is 1.77. The van der Waals surface area contributed by atoms with E-state index in [0.717, 1.165) is 24.6 Å². The summed E-state index contributed by atoms with van der Waals surface area (Å²) < 4.78 is 11.6. The number of hydrogen-bond acceptors (Lipinski definition) is 5. The van der Waals surface area contributed by atoms with Gasteiger partial charge in [0.05, 0.1) is 0 Å². The van der Waals surface area contributed by atoms with Gasteiger partial charge in [-0.3, -0.25) is 0 Å². The molecule has 0 bridgehead atoms. The van der Waals surface area contributed by atoms with Crippen molar-refractivity contribution in [2.24, 2.45) is 0 Å². The van der Waals surface area contributed by atoms with Gasteiger partial charge in [-0.2, -0.15) is 0 Å². The van der Waals surface area contributed by atoms with Gasteiger partial charge in [-0.1, -0.05) is 42.5 Å². The Hall–Kier alpha value is -3.06. The molecule has 2 aromatic carbocycles. The molecule has 132 valence electrons. The summed E-state index contributed by atoms with van der Waals surface area (Å²) in [5.41, 5.74) is 1.28. The van der Waals surface area contributed by atoms with Crippen molar-refractivity contribution in [2.75, 3.05) is 13.2 Å². The number of rotatable bonds is 4. The number of hydrogen-bond donors (Lipinski definition) is 3. The van der Waals surface area contributed by atoms with Gasteiger partial charge in [-0.25, -0.2) is 9.59 Å². The average molecular weight is 345 g/mol. The zero-order valence-corrected chi connectivity index (χ0v) is 13.4. The number of nitrogens with one attached hydrogen (secondary N) is 1. The summed E-state index contributed by atoms with van der Waals surface area (Å²) in [4.78, 5) is 18.2. The fourth-order valence-electron chi connectivity index (χ4n) is 2.14. The van der Waals surface area contributed by atoms with Gasteiger partial charge in [0.2, 0.25) is 0 Å². The number of benzene rings is 2. The highest BCUT2D eigenvalue weighted by atomic mass is 16.6. The van der Waals surface area contributed by atoms with Crippen molar-refractivity contribution in [2.45, 2.75) is 12.6 Å². The summed E-state index contributed by atoms with van der Waals surface area (Å²) in [5.74, 6) is -1.98. The molecule has 0 amide bonds. The molecule has 1 aliphatic heterocycles. The molecule has 25 heavy (non-hydrogen) atoms. The van der Waals surface area contributed by atoms with Crippen LogP contribution >= 0.6 is 0 Å². The Balaban J connectivity index is 0.000000326. The number of fused-ring (bicyclic) bond motifs is 1. The second-order valence-electron chi connectivity index (χ2n) is 5.22. The van der Waals surface area contributed by atoms with E-state index < -0.39 is 11.9 Å². The van der Waals surface area contributed by atoms with Crippen molar-refractivity contribution in [3.05, 3.63) is 60.2 Å². The third-order valence-electron chi connectivity index (χ3n) is 3.29. The van der Waals surface area contributed by atoms with Crippen LogP contribution in [0.4, 0.5) is 0 Å². The summed E-state index contributed by atoms with van der Waals surface area (Å²) in [6.45, 7) is 2.23. The van der Waals surface area contributed by atoms with E-state index in [1.807, 2.05) is 42.5 Å². The van der Waals surface area contributed by atoms with E-state index in [9.17, 15) is 0 Å². The van der Waals surface area contributed by atoms with Gasteiger partial charge in [-0.05, 0) is 17.7 Å². The first kappa shape index (κ1) is 18.3. The number of para-hydroxylation sites is 2. The van der Waals surface area contributed by atoms with Gasteiger partial charge < -0.3 is 25.0 Å². The minimum atomic E-state index is -1.82. The molecule has 7 nitrogen and oxygen atoms in total. The van der Waals surface area contributed by atoms with Crippen molar-refractivity contribution in [1.82, 2.24) is 5.32 Å². The largest absolute Gasteiger partial charge is 0.486 e. The number of carbonyl (C=O) groups is 2. The maximum Gasteiger partial charge on any atom is 0.414 e. The maximum atomic E-state index is 9.10. The Morgan fingerprint density at radius 2 is 1.56 bits per heavy atom. The molecule has 1 aliphatic rings. The van der Waals surface area contributed by atoms with Gasteiger partial charge in [0.25, 0.3) is 0 Å². The predicted molar refractivity (Wildman–Crippen MR) is 89.8 cm³/mol. The lowest BCUT2D eigenvalue weighted by molar-refractivity contribution is -0.159. The zero-order valence-electron chi connectivity index (χ0n) is 13.4. The van der Waals surface area contributed by atoms with Crippen molar-refractivity contribution >= 4 is 11.9 Å². The third kappa shape index (κ3) is 6.15. The smallest absolute Gasteiger partial charge is 0.414 e. The Labute approximate surface area is 144 Å². The van der Waals surface area contributed by atoms with Crippen LogP contribution in [-0.4, -0.2) is 41.4 Å². The fraction of sp³-hybridized carbons (Fsp3) is 0.222. The van der Waals surface area contributed by atoms with Crippen LogP contribution in [0.1, 0.15) is 5.56 Å². The molecule has 2 aromatic rings. The Kier molecular flexibility index (Phi) is 6.79. The number of ether oxygens (including phenoxy) is 2. The molecule has 1 heterocycles. The lowest BCUT2D eigenvalue weighted by Gasteiger charge is -2.26. The Morgan fingerprint density at radius 3 is 2.20 bits per heavy atom. The summed E-state index contributed by atoms with van der Waals surface area (Å²) in [5, 5.41) is 18.2. The molecule has 1 atom stereocenters. The lowest BCUT2D eigenvalue weighted by Crippen LogP contribution is -2.38. The van der Waals surface area contributed by atoms with Crippen LogP contribution in [0, 0.1) is 0 Å². The van der Waals surface area contributed by atoms with Gasteiger partial charge in [0, 0.05) is 13.1 Å². The molecule has 0 saturated carbocycles. The molecule has 0 fully saturated rings. The van der Waals surface area contributed by atoms with Crippen LogP contribution in [0.5, 0.6) is 11.5 Å². The van der Waals surface area contributed by atoms with Crippen molar-refractivity contribution in [3.63, 3.8) is 0 Å². The zero-order chi connectivity index (χ0) is 18.1. The second-order valence-corrected chi connectivity index (χ2v) is 5.22. The molecular weight excluding hydrogens is 326 g/mol. The van der Waals surface area contributed by atoms with Crippen LogP contribution in [0.2, 0.25) is 0 Å². The quantitative estimate of drug-likeness (QED) is 0.725. The van der Waals surface area contributed by atoms with Crippen LogP contribution in [0.3, 0.4) is 0 Å². The monoisotopic (exact) mass is 345 g/mol. The molecule has 1 unspecified atom stereocenters. The maximum absolute atomic E-state index is 9.10. The van der Waals surface area contributed by atoms with Crippen LogP contribution in [0.25, 0.3) is 0 Å². The van der Waals surface area contributed by atoms with Crippen molar-refractivity contribution in [1.29, 1.82) is 0 Å². The second kappa shape index (κ2) is 9.29. The first-order chi connectivity index (χ1) is 12.1. The third-order valence-corrected chi connectivity index (χ3v) is 3.29. The molecule has 0 saturated heterocycles. The van der Waals surface area contributed by atoms with Crippen LogP contribution in [0.15, 0.2) is 54.6 Å². The number of aliphatic carboxylic acids is 2. The molecule has 3 rings (SSSR count). The van der Waals surface area contributed by atoms with Gasteiger partial charge >= 0.3 is 11.9 Å². The van der Waals surface area contributed by atoms with E-state index in [4.69, 9.17) is 29.3 Å². The summed E-state index contributed by atoms with van der Waals surface area (Å²) in [6, 6.07) is 18.1. The molecule has 7 heteroatoms. The van der Waals surface area contributed by atoms with E-state index >= 15 is 0 Å². The Bertz CT molecular complexity index is 692. The van der Waals surface area contributed by atoms with E-state index in [2.05, 4.69) is 17.4 Å². The first-order valence-electron chi connectivity index (χ1n) is 7.65. The van der Waals surface area contributed by atoms with E-state index in [0.29, 0.717) is 6.61 Å². The molecule has 0 radical (unpaired) electrons. The van der Waals surface area contributed by atoms with Gasteiger partial charge in [0.15, 0.2) is 11.5 Å². The van der Waals surface area contributed by atoms with Crippen molar-refractivity contribution in [3.8, 4) is 11.5 Å². The molecule has 0 aliphatic carbocycles. The van der Waals surface area contributed by atoms with E-state index in [-0.39, 0.29) is 6.10 Å². The minimum absolute atomic E-state index is 0.0682. The van der Waals surface area contributed by atoms with E-state index in [1.165, 1.54) is 5.56 Å². The van der Waals surface area contributed by atoms with Crippen LogP contribution < -0.4 is 14.8 Å². The molecular formula is C18H19NO6. The van der Waals surface area contributed by atoms with Crippen LogP contribution in [-0.2, 0) is 16.1 Å². The first-order valence-corrected chi connectivity index (χ1v) is 7.65. The number of carboxylic acids is 2.